The van der Waals surface area contributed by atoms with Gasteiger partial charge in [0.15, 0.2) is 0 Å². The number of halogens is 1. The van der Waals surface area contributed by atoms with Gasteiger partial charge in [0.05, 0.1) is 0 Å². The molecule has 0 amide bonds. The van der Waals surface area contributed by atoms with Crippen LogP contribution in [0.3, 0.4) is 0 Å². The predicted octanol–water partition coefficient (Wildman–Crippen LogP) is 5.53. The Morgan fingerprint density at radius 2 is 2.00 bits per heavy atom. The maximum atomic E-state index is 3.74. The van der Waals surface area contributed by atoms with Crippen LogP contribution in [0.4, 0.5) is 0 Å². The van der Waals surface area contributed by atoms with Crippen LogP contribution in [0.2, 0.25) is 0 Å². The normalized spacial score (nSPS) is 12.5. The van der Waals surface area contributed by atoms with Gasteiger partial charge in [-0.25, -0.2) is 0 Å². The summed E-state index contributed by atoms with van der Waals surface area (Å²) in [5.41, 5.74) is 8.22. The molecule has 0 heterocycles. The summed E-state index contributed by atoms with van der Waals surface area (Å²) in [6.07, 6.45) is 6.96. The molecule has 0 fully saturated rings. The van der Waals surface area contributed by atoms with Crippen LogP contribution in [0, 0.1) is 6.92 Å². The van der Waals surface area contributed by atoms with Gasteiger partial charge in [-0.05, 0) is 52.8 Å². The van der Waals surface area contributed by atoms with Crippen LogP contribution in [-0.2, 0) is 6.42 Å². The summed E-state index contributed by atoms with van der Waals surface area (Å²) in [5, 5.41) is 0. The third-order valence-electron chi connectivity index (χ3n) is 3.72. The highest BCUT2D eigenvalue weighted by molar-refractivity contribution is 9.10. The van der Waals surface area contributed by atoms with Gasteiger partial charge >= 0.3 is 0 Å². The minimum atomic E-state index is 1.04. The molecule has 0 spiro atoms. The number of hydrogen-bond acceptors (Lipinski definition) is 0. The molecule has 0 atom stereocenters. The van der Waals surface area contributed by atoms with Crippen LogP contribution >= 0.6 is 15.9 Å². The molecule has 0 aliphatic heterocycles. The van der Waals surface area contributed by atoms with Gasteiger partial charge in [-0.1, -0.05) is 65.0 Å². The van der Waals surface area contributed by atoms with Crippen LogP contribution in [-0.4, -0.2) is 0 Å². The first-order chi connectivity index (χ1) is 9.22. The largest absolute Gasteiger partial charge is 0.0991 e. The quantitative estimate of drug-likeness (QED) is 0.546. The summed E-state index contributed by atoms with van der Waals surface area (Å²) < 4.78 is 1.16. The molecule has 2 aromatic carbocycles. The summed E-state index contributed by atoms with van der Waals surface area (Å²) in [6.45, 7) is 5.94. The van der Waals surface area contributed by atoms with E-state index in [1.54, 1.807) is 0 Å². The second-order valence-corrected chi connectivity index (χ2v) is 5.71. The zero-order chi connectivity index (χ0) is 13.4. The van der Waals surface area contributed by atoms with Crippen molar-refractivity contribution >= 4 is 22.0 Å². The van der Waals surface area contributed by atoms with Crippen molar-refractivity contribution in [1.29, 1.82) is 0 Å². The third kappa shape index (κ3) is 1.98. The first-order valence-corrected chi connectivity index (χ1v) is 7.21. The van der Waals surface area contributed by atoms with Crippen molar-refractivity contribution in [1.82, 2.24) is 0 Å². The molecule has 3 rings (SSSR count). The van der Waals surface area contributed by atoms with Gasteiger partial charge in [0, 0.05) is 4.47 Å². The van der Waals surface area contributed by atoms with Crippen molar-refractivity contribution in [2.75, 3.05) is 0 Å². The summed E-state index contributed by atoms with van der Waals surface area (Å²) >= 11 is 3.69. The lowest BCUT2D eigenvalue weighted by molar-refractivity contribution is 1.25. The zero-order valence-corrected chi connectivity index (χ0v) is 12.5. The van der Waals surface area contributed by atoms with E-state index in [2.05, 4.69) is 65.8 Å². The maximum Gasteiger partial charge on any atom is 0.0253 e. The van der Waals surface area contributed by atoms with Gasteiger partial charge in [0.1, 0.15) is 0 Å². The van der Waals surface area contributed by atoms with Gasteiger partial charge in [0.25, 0.3) is 0 Å². The maximum absolute atomic E-state index is 3.74. The number of rotatable bonds is 2. The van der Waals surface area contributed by atoms with Crippen molar-refractivity contribution in [3.8, 4) is 11.1 Å². The van der Waals surface area contributed by atoms with Gasteiger partial charge in [-0.2, -0.15) is 0 Å². The van der Waals surface area contributed by atoms with E-state index in [0.717, 1.165) is 10.9 Å². The molecule has 0 unspecified atom stereocenters. The zero-order valence-electron chi connectivity index (χ0n) is 10.9. The molecule has 1 heteroatoms. The molecule has 0 bridgehead atoms. The first kappa shape index (κ1) is 12.4. The standard InChI is InChI=1S/C18H15Br/c1-3-4-8-15-12(2)18-14(11-17(15)19)10-13-7-5-6-9-16(13)18/h3-9,11H,1,10H2,2H3/b8-4-. The van der Waals surface area contributed by atoms with Gasteiger partial charge in [0.2, 0.25) is 0 Å². The highest BCUT2D eigenvalue weighted by Gasteiger charge is 2.22. The topological polar surface area (TPSA) is 0 Å². The summed E-state index contributed by atoms with van der Waals surface area (Å²) in [7, 11) is 0. The van der Waals surface area contributed by atoms with E-state index >= 15 is 0 Å². The highest BCUT2D eigenvalue weighted by atomic mass is 79.9. The molecule has 0 saturated carbocycles. The average Bonchev–Trinajstić information content (AvgIpc) is 2.76. The summed E-state index contributed by atoms with van der Waals surface area (Å²) in [4.78, 5) is 0. The Hall–Kier alpha value is -1.60. The molecule has 19 heavy (non-hydrogen) atoms. The van der Waals surface area contributed by atoms with E-state index < -0.39 is 0 Å². The lowest BCUT2D eigenvalue weighted by Gasteiger charge is -2.11. The minimum absolute atomic E-state index is 1.04. The Bertz CT molecular complexity index is 693. The molecule has 0 nitrogen and oxygen atoms in total. The Balaban J connectivity index is 2.26. The molecule has 94 valence electrons. The van der Waals surface area contributed by atoms with Crippen LogP contribution in [0.1, 0.15) is 22.3 Å². The lowest BCUT2D eigenvalue weighted by atomic mass is 9.95. The van der Waals surface area contributed by atoms with Crippen molar-refractivity contribution in [2.24, 2.45) is 0 Å². The molecular weight excluding hydrogens is 296 g/mol. The van der Waals surface area contributed by atoms with E-state index in [1.807, 2.05) is 12.2 Å². The first-order valence-electron chi connectivity index (χ1n) is 6.41. The van der Waals surface area contributed by atoms with Crippen molar-refractivity contribution in [3.63, 3.8) is 0 Å². The molecule has 0 N–H and O–H groups in total. The van der Waals surface area contributed by atoms with Gasteiger partial charge < -0.3 is 0 Å². The average molecular weight is 311 g/mol. The van der Waals surface area contributed by atoms with Crippen molar-refractivity contribution in [3.05, 3.63) is 75.8 Å². The van der Waals surface area contributed by atoms with E-state index in [1.165, 1.54) is 33.4 Å². The fourth-order valence-corrected chi connectivity index (χ4v) is 3.57. The SMILES string of the molecule is C=C/C=C\c1c(Br)cc2c(c1C)-c1ccccc1C2. The van der Waals surface area contributed by atoms with Crippen LogP contribution in [0.5, 0.6) is 0 Å². The lowest BCUT2D eigenvalue weighted by Crippen LogP contribution is -1.90. The third-order valence-corrected chi connectivity index (χ3v) is 4.38. The molecule has 0 radical (unpaired) electrons. The van der Waals surface area contributed by atoms with Crippen LogP contribution in [0.15, 0.2) is 53.5 Å². The fraction of sp³-hybridized carbons (Fsp3) is 0.111. The Morgan fingerprint density at radius 3 is 2.79 bits per heavy atom. The molecule has 1 aliphatic carbocycles. The van der Waals surface area contributed by atoms with Crippen LogP contribution < -0.4 is 0 Å². The van der Waals surface area contributed by atoms with Gasteiger partial charge in [-0.15, -0.1) is 0 Å². The predicted molar refractivity (Wildman–Crippen MR) is 86.4 cm³/mol. The minimum Gasteiger partial charge on any atom is -0.0991 e. The van der Waals surface area contributed by atoms with E-state index in [0.29, 0.717) is 0 Å². The smallest absolute Gasteiger partial charge is 0.0253 e. The second-order valence-electron chi connectivity index (χ2n) is 4.86. The number of allylic oxidation sites excluding steroid dienone is 2. The fourth-order valence-electron chi connectivity index (χ4n) is 2.86. The highest BCUT2D eigenvalue weighted by Crippen LogP contribution is 2.42. The summed E-state index contributed by atoms with van der Waals surface area (Å²) in [6, 6.07) is 10.9. The van der Waals surface area contributed by atoms with E-state index in [4.69, 9.17) is 0 Å². The van der Waals surface area contributed by atoms with Crippen molar-refractivity contribution < 1.29 is 0 Å². The Morgan fingerprint density at radius 1 is 1.21 bits per heavy atom. The molecule has 1 aliphatic rings. The second kappa shape index (κ2) is 4.82. The van der Waals surface area contributed by atoms with E-state index in [9.17, 15) is 0 Å². The monoisotopic (exact) mass is 310 g/mol. The number of fused-ring (bicyclic) bond motifs is 3. The molecule has 0 saturated heterocycles. The molecule has 2 aromatic rings. The van der Waals surface area contributed by atoms with Crippen molar-refractivity contribution in [2.45, 2.75) is 13.3 Å². The van der Waals surface area contributed by atoms with Crippen LogP contribution in [0.25, 0.3) is 17.2 Å². The Labute approximate surface area is 122 Å². The summed E-state index contributed by atoms with van der Waals surface area (Å²) in [5.74, 6) is 0. The van der Waals surface area contributed by atoms with E-state index in [-0.39, 0.29) is 0 Å². The van der Waals surface area contributed by atoms with Gasteiger partial charge in [-0.3, -0.25) is 0 Å². The molecular formula is C18H15Br. The number of hydrogen-bond donors (Lipinski definition) is 0. The molecule has 0 aromatic heterocycles. The number of benzene rings is 2. The Kier molecular flexibility index (Phi) is 3.16.